The van der Waals surface area contributed by atoms with Gasteiger partial charge in [-0.25, -0.2) is 4.79 Å². The van der Waals surface area contributed by atoms with Gasteiger partial charge in [-0.3, -0.25) is 14.5 Å². The maximum absolute atomic E-state index is 12.4. The predicted octanol–water partition coefficient (Wildman–Crippen LogP) is -0.717. The Bertz CT molecular complexity index is 439. The number of nitrogens with one attached hydrogen (secondary N) is 2. The fourth-order valence-electron chi connectivity index (χ4n) is 3.18. The molecule has 0 aromatic heterocycles. The van der Waals surface area contributed by atoms with Gasteiger partial charge in [0.1, 0.15) is 12.1 Å². The van der Waals surface area contributed by atoms with E-state index in [1.807, 2.05) is 0 Å². The molecule has 7 heteroatoms. The molecule has 3 aliphatic heterocycles. The van der Waals surface area contributed by atoms with Crippen LogP contribution in [0.15, 0.2) is 0 Å². The second-order valence-electron chi connectivity index (χ2n) is 5.77. The molecule has 0 aromatic carbocycles. The lowest BCUT2D eigenvalue weighted by Gasteiger charge is -2.28. The smallest absolute Gasteiger partial charge is 0.325 e. The molecule has 1 atom stereocenters. The highest BCUT2D eigenvalue weighted by molar-refractivity contribution is 6.09. The summed E-state index contributed by atoms with van der Waals surface area (Å²) < 4.78 is 0. The Morgan fingerprint density at radius 2 is 1.95 bits per heavy atom. The Hall–Kier alpha value is -1.63. The third-order valence-electron chi connectivity index (χ3n) is 4.40. The van der Waals surface area contributed by atoms with E-state index in [0.717, 1.165) is 37.3 Å². The van der Waals surface area contributed by atoms with E-state index in [1.165, 1.54) is 0 Å². The summed E-state index contributed by atoms with van der Waals surface area (Å²) in [5.41, 5.74) is -0.820. The van der Waals surface area contributed by atoms with Gasteiger partial charge in [0, 0.05) is 19.6 Å². The van der Waals surface area contributed by atoms with Crippen LogP contribution in [0.1, 0.15) is 25.7 Å². The van der Waals surface area contributed by atoms with Crippen molar-refractivity contribution in [1.29, 1.82) is 0 Å². The third-order valence-corrected chi connectivity index (χ3v) is 4.40. The highest BCUT2D eigenvalue weighted by Gasteiger charge is 2.53. The van der Waals surface area contributed by atoms with Crippen molar-refractivity contribution in [2.24, 2.45) is 0 Å². The molecule has 0 bridgehead atoms. The van der Waals surface area contributed by atoms with E-state index in [2.05, 4.69) is 10.6 Å². The number of carbonyl (C=O) groups excluding carboxylic acids is 3. The van der Waals surface area contributed by atoms with E-state index in [9.17, 15) is 14.4 Å². The van der Waals surface area contributed by atoms with Crippen LogP contribution >= 0.6 is 0 Å². The van der Waals surface area contributed by atoms with Gasteiger partial charge in [0.15, 0.2) is 0 Å². The topological polar surface area (TPSA) is 81.8 Å². The second kappa shape index (κ2) is 5.05. The molecule has 0 radical (unpaired) electrons. The van der Waals surface area contributed by atoms with Gasteiger partial charge in [0.2, 0.25) is 5.91 Å². The Kier molecular flexibility index (Phi) is 3.37. The summed E-state index contributed by atoms with van der Waals surface area (Å²) in [6.07, 6.45) is 3.73. The van der Waals surface area contributed by atoms with Crippen LogP contribution in [0.4, 0.5) is 4.79 Å². The Balaban J connectivity index is 1.66. The third kappa shape index (κ3) is 2.15. The van der Waals surface area contributed by atoms with Crippen molar-refractivity contribution >= 4 is 17.8 Å². The minimum Gasteiger partial charge on any atom is -0.341 e. The van der Waals surface area contributed by atoms with Crippen LogP contribution in [-0.2, 0) is 9.59 Å². The molecule has 3 rings (SSSR count). The van der Waals surface area contributed by atoms with Gasteiger partial charge in [-0.15, -0.1) is 0 Å². The molecule has 2 N–H and O–H groups in total. The molecule has 0 saturated carbocycles. The lowest BCUT2D eigenvalue weighted by Crippen LogP contribution is -2.49. The molecule has 1 spiro atoms. The molecule has 4 amide bonds. The summed E-state index contributed by atoms with van der Waals surface area (Å²) >= 11 is 0. The summed E-state index contributed by atoms with van der Waals surface area (Å²) in [5.74, 6) is -0.394. The van der Waals surface area contributed by atoms with Crippen molar-refractivity contribution in [3.63, 3.8) is 0 Å². The number of piperidine rings is 1. The van der Waals surface area contributed by atoms with Crippen LogP contribution in [-0.4, -0.2) is 65.9 Å². The van der Waals surface area contributed by atoms with Crippen LogP contribution in [0.25, 0.3) is 0 Å². The largest absolute Gasteiger partial charge is 0.341 e. The maximum Gasteiger partial charge on any atom is 0.325 e. The Labute approximate surface area is 117 Å². The van der Waals surface area contributed by atoms with Crippen LogP contribution < -0.4 is 10.6 Å². The van der Waals surface area contributed by atoms with E-state index >= 15 is 0 Å². The first-order valence-corrected chi connectivity index (χ1v) is 7.25. The highest BCUT2D eigenvalue weighted by Crippen LogP contribution is 2.24. The summed E-state index contributed by atoms with van der Waals surface area (Å²) in [6.45, 7) is 2.49. The van der Waals surface area contributed by atoms with Crippen molar-refractivity contribution in [3.8, 4) is 0 Å². The molecule has 3 aliphatic rings. The van der Waals surface area contributed by atoms with Crippen molar-refractivity contribution < 1.29 is 14.4 Å². The summed E-state index contributed by atoms with van der Waals surface area (Å²) in [6, 6.07) is -0.441. The van der Waals surface area contributed by atoms with E-state index in [1.54, 1.807) is 4.90 Å². The molecule has 20 heavy (non-hydrogen) atoms. The molecule has 7 nitrogen and oxygen atoms in total. The quantitative estimate of drug-likeness (QED) is 0.654. The average Bonchev–Trinajstić information content (AvgIpc) is 3.01. The first-order valence-electron chi connectivity index (χ1n) is 7.25. The summed E-state index contributed by atoms with van der Waals surface area (Å²) in [5, 5.41) is 5.83. The van der Waals surface area contributed by atoms with Crippen molar-refractivity contribution in [2.45, 2.75) is 31.2 Å². The zero-order valence-electron chi connectivity index (χ0n) is 11.5. The number of imide groups is 1. The minimum atomic E-state index is -0.820. The molecular weight excluding hydrogens is 260 g/mol. The van der Waals surface area contributed by atoms with E-state index in [-0.39, 0.29) is 18.4 Å². The van der Waals surface area contributed by atoms with Crippen LogP contribution in [0, 0.1) is 0 Å². The molecule has 3 fully saturated rings. The summed E-state index contributed by atoms with van der Waals surface area (Å²) in [4.78, 5) is 39.4. The summed E-state index contributed by atoms with van der Waals surface area (Å²) in [7, 11) is 0. The molecule has 110 valence electrons. The van der Waals surface area contributed by atoms with E-state index in [0.29, 0.717) is 19.5 Å². The average molecular weight is 280 g/mol. The highest BCUT2D eigenvalue weighted by atomic mass is 16.2. The van der Waals surface area contributed by atoms with Gasteiger partial charge < -0.3 is 15.5 Å². The first kappa shape index (κ1) is 13.4. The lowest BCUT2D eigenvalue weighted by molar-refractivity contribution is -0.139. The fraction of sp³-hybridized carbons (Fsp3) is 0.769. The number of amides is 4. The maximum atomic E-state index is 12.4. The zero-order chi connectivity index (χ0) is 14.2. The predicted molar refractivity (Wildman–Crippen MR) is 70.9 cm³/mol. The minimum absolute atomic E-state index is 0.129. The molecule has 0 aliphatic carbocycles. The number of rotatable bonds is 2. The number of urea groups is 1. The molecule has 3 saturated heterocycles. The van der Waals surface area contributed by atoms with Gasteiger partial charge in [-0.05, 0) is 32.2 Å². The second-order valence-corrected chi connectivity index (χ2v) is 5.77. The standard InChI is InChI=1S/C13H20N4O3/c18-10(16-6-2-1-3-7-16)8-17-11(19)13(15-12(17)20)4-5-14-9-13/h14H,1-9H2,(H,15,20). The molecular formula is C13H20N4O3. The molecule has 1 unspecified atom stereocenters. The monoisotopic (exact) mass is 280 g/mol. The molecule has 0 aromatic rings. The van der Waals surface area contributed by atoms with E-state index in [4.69, 9.17) is 0 Å². The van der Waals surface area contributed by atoms with Crippen LogP contribution in [0.2, 0.25) is 0 Å². The SMILES string of the molecule is O=C(CN1C(=O)NC2(CCNC2)C1=O)N1CCCCC1. The Morgan fingerprint density at radius 3 is 2.60 bits per heavy atom. The van der Waals surface area contributed by atoms with E-state index < -0.39 is 11.6 Å². The normalized spacial score (nSPS) is 30.2. The van der Waals surface area contributed by atoms with Gasteiger partial charge >= 0.3 is 6.03 Å². The van der Waals surface area contributed by atoms with Gasteiger partial charge in [-0.1, -0.05) is 0 Å². The number of hydrogen-bond acceptors (Lipinski definition) is 4. The van der Waals surface area contributed by atoms with Crippen LogP contribution in [0.3, 0.4) is 0 Å². The number of nitrogens with zero attached hydrogens (tertiary/aromatic N) is 2. The Morgan fingerprint density at radius 1 is 1.20 bits per heavy atom. The van der Waals surface area contributed by atoms with Crippen molar-refractivity contribution in [2.75, 3.05) is 32.7 Å². The number of likely N-dealkylation sites (tertiary alicyclic amines) is 1. The van der Waals surface area contributed by atoms with Crippen LogP contribution in [0.5, 0.6) is 0 Å². The zero-order valence-corrected chi connectivity index (χ0v) is 11.5. The van der Waals surface area contributed by atoms with Crippen molar-refractivity contribution in [1.82, 2.24) is 20.4 Å². The van der Waals surface area contributed by atoms with Gasteiger partial charge in [-0.2, -0.15) is 0 Å². The fourth-order valence-corrected chi connectivity index (χ4v) is 3.18. The van der Waals surface area contributed by atoms with Gasteiger partial charge in [0.05, 0.1) is 0 Å². The lowest BCUT2D eigenvalue weighted by atomic mass is 9.99. The number of hydrogen-bond donors (Lipinski definition) is 2. The first-order chi connectivity index (χ1) is 9.62. The number of carbonyl (C=O) groups is 3. The van der Waals surface area contributed by atoms with Gasteiger partial charge in [0.25, 0.3) is 5.91 Å². The molecule has 3 heterocycles. The van der Waals surface area contributed by atoms with Crippen molar-refractivity contribution in [3.05, 3.63) is 0 Å².